The monoisotopic (exact) mass is 393 g/mol. The molecule has 1 atom stereocenters. The second-order valence-electron chi connectivity index (χ2n) is 7.48. The molecule has 2 amide bonds. The van der Waals surface area contributed by atoms with Crippen molar-refractivity contribution in [1.82, 2.24) is 10.2 Å². The summed E-state index contributed by atoms with van der Waals surface area (Å²) in [5, 5.41) is 3.60. The second-order valence-corrected chi connectivity index (χ2v) is 7.92. The fourth-order valence-electron chi connectivity index (χ4n) is 3.81. The van der Waals surface area contributed by atoms with E-state index in [1.807, 2.05) is 0 Å². The number of carbonyl (C=O) groups is 2. The number of carbonyl (C=O) groups excluding carboxylic acids is 2. The summed E-state index contributed by atoms with van der Waals surface area (Å²) < 4.78 is 5.44. The first-order valence-electron chi connectivity index (χ1n) is 9.67. The van der Waals surface area contributed by atoms with E-state index in [1.54, 1.807) is 23.1 Å². The lowest BCUT2D eigenvalue weighted by Crippen LogP contribution is -2.51. The quantitative estimate of drug-likeness (QED) is 0.806. The van der Waals surface area contributed by atoms with Gasteiger partial charge in [-0.2, -0.15) is 0 Å². The number of halogens is 1. The minimum atomic E-state index is -0.166. The summed E-state index contributed by atoms with van der Waals surface area (Å²) in [7, 11) is 0. The van der Waals surface area contributed by atoms with Crippen LogP contribution in [0.25, 0.3) is 0 Å². The van der Waals surface area contributed by atoms with Crippen molar-refractivity contribution in [2.24, 2.45) is 5.92 Å². The van der Waals surface area contributed by atoms with Gasteiger partial charge in [0.15, 0.2) is 0 Å². The van der Waals surface area contributed by atoms with Crippen molar-refractivity contribution < 1.29 is 14.3 Å². The molecule has 0 radical (unpaired) electrons. The zero-order valence-corrected chi connectivity index (χ0v) is 16.8. The van der Waals surface area contributed by atoms with Gasteiger partial charge >= 0.3 is 0 Å². The van der Waals surface area contributed by atoms with Crippen LogP contribution in [0.1, 0.15) is 37.0 Å². The maximum absolute atomic E-state index is 12.9. The predicted molar refractivity (Wildman–Crippen MR) is 106 cm³/mol. The molecule has 1 aromatic carbocycles. The van der Waals surface area contributed by atoms with E-state index in [2.05, 4.69) is 24.1 Å². The van der Waals surface area contributed by atoms with E-state index in [0.717, 1.165) is 32.7 Å². The molecule has 6 nitrogen and oxygen atoms in total. The minimum absolute atomic E-state index is 0.0414. The van der Waals surface area contributed by atoms with Crippen molar-refractivity contribution in [3.63, 3.8) is 0 Å². The zero-order valence-electron chi connectivity index (χ0n) is 16.0. The number of morpholine rings is 1. The van der Waals surface area contributed by atoms with Crippen molar-refractivity contribution in [2.75, 3.05) is 44.3 Å². The number of hydrogen-bond donors (Lipinski definition) is 1. The van der Waals surface area contributed by atoms with Crippen LogP contribution in [0.5, 0.6) is 0 Å². The standard InChI is InChI=1S/C20H28ClN3O3/c1-14(2)18(23-8-10-27-11-9-23)13-22-20(26)16-6-5-15(21)12-17(16)24-7-3-4-19(24)25/h5-6,12,14,18H,3-4,7-11,13H2,1-2H3,(H,22,26). The average Bonchev–Trinajstić information content (AvgIpc) is 3.08. The molecule has 1 aromatic rings. The Kier molecular flexibility index (Phi) is 6.73. The van der Waals surface area contributed by atoms with Gasteiger partial charge in [0.2, 0.25) is 5.91 Å². The van der Waals surface area contributed by atoms with Crippen molar-refractivity contribution >= 4 is 29.1 Å². The molecule has 0 aliphatic carbocycles. The molecule has 1 unspecified atom stereocenters. The third-order valence-corrected chi connectivity index (χ3v) is 5.56. The molecule has 3 rings (SSSR count). The van der Waals surface area contributed by atoms with Gasteiger partial charge in [-0.15, -0.1) is 0 Å². The molecule has 0 saturated carbocycles. The van der Waals surface area contributed by atoms with E-state index in [9.17, 15) is 9.59 Å². The lowest BCUT2D eigenvalue weighted by atomic mass is 10.0. The van der Waals surface area contributed by atoms with E-state index >= 15 is 0 Å². The SMILES string of the molecule is CC(C)C(CNC(=O)c1ccc(Cl)cc1N1CCCC1=O)N1CCOCC1. The average molecular weight is 394 g/mol. The highest BCUT2D eigenvalue weighted by Crippen LogP contribution is 2.28. The van der Waals surface area contributed by atoms with Gasteiger partial charge in [0, 0.05) is 43.7 Å². The molecule has 27 heavy (non-hydrogen) atoms. The number of ether oxygens (including phenoxy) is 1. The maximum Gasteiger partial charge on any atom is 0.253 e. The molecule has 2 fully saturated rings. The molecular weight excluding hydrogens is 366 g/mol. The van der Waals surface area contributed by atoms with E-state index < -0.39 is 0 Å². The Hall–Kier alpha value is -1.63. The van der Waals surface area contributed by atoms with Gasteiger partial charge in [-0.1, -0.05) is 25.4 Å². The third kappa shape index (κ3) is 4.81. The third-order valence-electron chi connectivity index (χ3n) is 5.32. The fraction of sp³-hybridized carbons (Fsp3) is 0.600. The van der Waals surface area contributed by atoms with Gasteiger partial charge in [0.05, 0.1) is 24.5 Å². The van der Waals surface area contributed by atoms with Gasteiger partial charge in [-0.05, 0) is 30.5 Å². The van der Waals surface area contributed by atoms with Crippen LogP contribution < -0.4 is 10.2 Å². The van der Waals surface area contributed by atoms with Crippen LogP contribution in [0.4, 0.5) is 5.69 Å². The van der Waals surface area contributed by atoms with Gasteiger partial charge in [0.1, 0.15) is 0 Å². The van der Waals surface area contributed by atoms with Gasteiger partial charge in [-0.3, -0.25) is 14.5 Å². The summed E-state index contributed by atoms with van der Waals surface area (Å²) >= 11 is 6.13. The normalized spacial score (nSPS) is 19.6. The first-order valence-corrected chi connectivity index (χ1v) is 10.0. The number of hydrogen-bond acceptors (Lipinski definition) is 4. The number of anilines is 1. The molecule has 148 valence electrons. The Morgan fingerprint density at radius 2 is 2.00 bits per heavy atom. The van der Waals surface area contributed by atoms with Crippen molar-refractivity contribution in [3.05, 3.63) is 28.8 Å². The maximum atomic E-state index is 12.9. The molecule has 2 heterocycles. The van der Waals surface area contributed by atoms with Crippen LogP contribution in [0.15, 0.2) is 18.2 Å². The summed E-state index contributed by atoms with van der Waals surface area (Å²) in [4.78, 5) is 29.1. The summed E-state index contributed by atoms with van der Waals surface area (Å²) in [5.41, 5.74) is 1.11. The van der Waals surface area contributed by atoms with Crippen LogP contribution in [-0.2, 0) is 9.53 Å². The van der Waals surface area contributed by atoms with Gasteiger partial charge in [0.25, 0.3) is 5.91 Å². The summed E-state index contributed by atoms with van der Waals surface area (Å²) in [6.07, 6.45) is 1.32. The lowest BCUT2D eigenvalue weighted by Gasteiger charge is -2.37. The predicted octanol–water partition coefficient (Wildman–Crippen LogP) is 2.55. The molecule has 7 heteroatoms. The van der Waals surface area contributed by atoms with Crippen LogP contribution in [-0.4, -0.2) is 62.1 Å². The molecule has 2 aliphatic heterocycles. The molecule has 0 spiro atoms. The number of rotatable bonds is 6. The number of amides is 2. The molecule has 1 N–H and O–H groups in total. The number of nitrogens with zero attached hydrogens (tertiary/aromatic N) is 2. The molecule has 2 aliphatic rings. The Morgan fingerprint density at radius 3 is 2.63 bits per heavy atom. The van der Waals surface area contributed by atoms with Crippen LogP contribution >= 0.6 is 11.6 Å². The van der Waals surface area contributed by atoms with Crippen LogP contribution in [0.3, 0.4) is 0 Å². The largest absolute Gasteiger partial charge is 0.379 e. The summed E-state index contributed by atoms with van der Waals surface area (Å²) in [6, 6.07) is 5.36. The zero-order chi connectivity index (χ0) is 19.4. The van der Waals surface area contributed by atoms with Crippen molar-refractivity contribution in [2.45, 2.75) is 32.7 Å². The Labute approximate surface area is 165 Å². The fourth-order valence-corrected chi connectivity index (χ4v) is 3.98. The van der Waals surface area contributed by atoms with Crippen molar-refractivity contribution in [1.29, 1.82) is 0 Å². The highest BCUT2D eigenvalue weighted by Gasteiger charge is 2.28. The first-order chi connectivity index (χ1) is 13.0. The second kappa shape index (κ2) is 9.04. The Bertz CT molecular complexity index is 689. The highest BCUT2D eigenvalue weighted by molar-refractivity contribution is 6.31. The van der Waals surface area contributed by atoms with Crippen LogP contribution in [0.2, 0.25) is 5.02 Å². The molecule has 2 saturated heterocycles. The van der Waals surface area contributed by atoms with E-state index in [1.165, 1.54) is 0 Å². The Morgan fingerprint density at radius 1 is 1.26 bits per heavy atom. The van der Waals surface area contributed by atoms with Gasteiger partial charge in [-0.25, -0.2) is 0 Å². The smallest absolute Gasteiger partial charge is 0.253 e. The molecule has 0 bridgehead atoms. The van der Waals surface area contributed by atoms with E-state index in [-0.39, 0.29) is 17.9 Å². The summed E-state index contributed by atoms with van der Waals surface area (Å²) in [5.74, 6) is 0.285. The number of benzene rings is 1. The molecular formula is C20H28ClN3O3. The van der Waals surface area contributed by atoms with Crippen LogP contribution in [0, 0.1) is 5.92 Å². The van der Waals surface area contributed by atoms with Gasteiger partial charge < -0.3 is 15.0 Å². The summed E-state index contributed by atoms with van der Waals surface area (Å²) in [6.45, 7) is 8.76. The topological polar surface area (TPSA) is 61.9 Å². The highest BCUT2D eigenvalue weighted by atomic mass is 35.5. The van der Waals surface area contributed by atoms with E-state index in [4.69, 9.17) is 16.3 Å². The first kappa shape index (κ1) is 20.1. The van der Waals surface area contributed by atoms with Crippen molar-refractivity contribution in [3.8, 4) is 0 Å². The molecule has 0 aromatic heterocycles. The minimum Gasteiger partial charge on any atom is -0.379 e. The number of nitrogens with one attached hydrogen (secondary N) is 1. The Balaban J connectivity index is 1.72. The lowest BCUT2D eigenvalue weighted by molar-refractivity contribution is -0.117. The van der Waals surface area contributed by atoms with E-state index in [0.29, 0.717) is 41.7 Å².